The van der Waals surface area contributed by atoms with Crippen LogP contribution >= 0.6 is 0 Å². The van der Waals surface area contributed by atoms with Crippen LogP contribution in [0, 0.1) is 0 Å². The molecular weight excluding hydrogens is 452 g/mol. The lowest BCUT2D eigenvalue weighted by atomic mass is 9.99. The van der Waals surface area contributed by atoms with Gasteiger partial charge in [0.25, 0.3) is 0 Å². The van der Waals surface area contributed by atoms with Crippen LogP contribution < -0.4 is 16.4 Å². The Bertz CT molecular complexity index is 870. The Hall–Kier alpha value is -2.98. The Morgan fingerprint density at radius 1 is 1.17 bits per heavy atom. The summed E-state index contributed by atoms with van der Waals surface area (Å²) in [5.41, 5.74) is 5.51. The van der Waals surface area contributed by atoms with Crippen LogP contribution in [0.1, 0.15) is 52.5 Å². The number of carbonyl (C=O) groups excluding carboxylic acids is 4. The van der Waals surface area contributed by atoms with Gasteiger partial charge in [-0.25, -0.2) is 0 Å². The van der Waals surface area contributed by atoms with E-state index in [2.05, 4.69) is 10.6 Å². The van der Waals surface area contributed by atoms with E-state index in [4.69, 9.17) is 10.5 Å². The third-order valence-corrected chi connectivity index (χ3v) is 5.65. The van der Waals surface area contributed by atoms with E-state index in [1.54, 1.807) is 0 Å². The highest BCUT2D eigenvalue weighted by atomic mass is 16.6. The van der Waals surface area contributed by atoms with Gasteiger partial charge in [-0.1, -0.05) is 30.3 Å². The summed E-state index contributed by atoms with van der Waals surface area (Å²) in [5.74, 6) is -2.18. The predicted molar refractivity (Wildman–Crippen MR) is 130 cm³/mol. The Balaban J connectivity index is 2.18. The van der Waals surface area contributed by atoms with E-state index in [1.165, 1.54) is 6.92 Å². The molecule has 4 atom stereocenters. The maximum Gasteiger partial charge on any atom is 0.323 e. The molecule has 10 heteroatoms. The first kappa shape index (κ1) is 28.3. The van der Waals surface area contributed by atoms with Crippen LogP contribution in [0.2, 0.25) is 0 Å². The SMILES string of the molecule is CC(=O)N[C@@H](CC(N)=O)C(=O)N[C@@H](Cc1ccccc1)[C@H](O)CN1CCC[C@H]1C(=O)OC(C)(C)C. The van der Waals surface area contributed by atoms with E-state index in [-0.39, 0.29) is 18.9 Å². The number of aliphatic hydroxyl groups is 1. The van der Waals surface area contributed by atoms with Crippen molar-refractivity contribution in [3.63, 3.8) is 0 Å². The van der Waals surface area contributed by atoms with Crippen molar-refractivity contribution in [2.45, 2.75) is 83.2 Å². The fraction of sp³-hybridized carbons (Fsp3) is 0.600. The molecule has 0 unspecified atom stereocenters. The highest BCUT2D eigenvalue weighted by Crippen LogP contribution is 2.22. The number of benzene rings is 1. The fourth-order valence-corrected chi connectivity index (χ4v) is 4.14. The Morgan fingerprint density at radius 2 is 1.83 bits per heavy atom. The number of amides is 3. The molecule has 1 heterocycles. The minimum atomic E-state index is -1.16. The molecule has 1 aliphatic heterocycles. The van der Waals surface area contributed by atoms with Crippen molar-refractivity contribution in [1.29, 1.82) is 0 Å². The molecule has 0 bridgehead atoms. The average molecular weight is 491 g/mol. The van der Waals surface area contributed by atoms with Gasteiger partial charge in [-0.3, -0.25) is 24.1 Å². The number of nitrogens with zero attached hydrogens (tertiary/aromatic N) is 1. The molecule has 5 N–H and O–H groups in total. The molecule has 10 nitrogen and oxygen atoms in total. The highest BCUT2D eigenvalue weighted by Gasteiger charge is 2.37. The quantitative estimate of drug-likeness (QED) is 0.325. The minimum Gasteiger partial charge on any atom is -0.459 e. The van der Waals surface area contributed by atoms with Crippen molar-refractivity contribution in [3.8, 4) is 0 Å². The number of likely N-dealkylation sites (tertiary alicyclic amines) is 1. The number of β-amino-alcohol motifs (C(OH)–C–C–N with tert-alkyl or cyclic N) is 1. The first-order valence-electron chi connectivity index (χ1n) is 11.9. The Kier molecular flexibility index (Phi) is 10.2. The summed E-state index contributed by atoms with van der Waals surface area (Å²) in [5, 5.41) is 16.4. The van der Waals surface area contributed by atoms with E-state index < -0.39 is 47.6 Å². The molecule has 0 aliphatic carbocycles. The maximum atomic E-state index is 13.0. The molecule has 0 aromatic heterocycles. The largest absolute Gasteiger partial charge is 0.459 e. The van der Waals surface area contributed by atoms with Crippen molar-refractivity contribution in [1.82, 2.24) is 15.5 Å². The van der Waals surface area contributed by atoms with Crippen molar-refractivity contribution >= 4 is 23.7 Å². The highest BCUT2D eigenvalue weighted by molar-refractivity contribution is 5.91. The molecule has 1 aromatic carbocycles. The number of rotatable bonds is 11. The van der Waals surface area contributed by atoms with Crippen LogP contribution in [0.5, 0.6) is 0 Å². The number of carbonyl (C=O) groups is 4. The molecule has 194 valence electrons. The number of nitrogens with two attached hydrogens (primary N) is 1. The average Bonchev–Trinajstić information content (AvgIpc) is 3.20. The molecule has 1 aliphatic rings. The van der Waals surface area contributed by atoms with E-state index in [0.29, 0.717) is 19.4 Å². The standard InChI is InChI=1S/C25H38N4O6/c1-16(30)27-19(14-22(26)32)23(33)28-18(13-17-9-6-5-7-10-17)21(31)15-29-12-8-11-20(29)24(34)35-25(2,3)4/h5-7,9-10,18-21,31H,8,11-15H2,1-4H3,(H2,26,32)(H,27,30)(H,28,33)/t18-,19-,20-,21+/m0/s1. The lowest BCUT2D eigenvalue weighted by Crippen LogP contribution is -2.56. The van der Waals surface area contributed by atoms with E-state index in [1.807, 2.05) is 56.0 Å². The maximum absolute atomic E-state index is 13.0. The number of hydrogen-bond donors (Lipinski definition) is 4. The summed E-state index contributed by atoms with van der Waals surface area (Å²) in [7, 11) is 0. The van der Waals surface area contributed by atoms with E-state index in [9.17, 15) is 24.3 Å². The predicted octanol–water partition coefficient (Wildman–Crippen LogP) is 0.261. The van der Waals surface area contributed by atoms with Gasteiger partial charge in [0.05, 0.1) is 18.6 Å². The van der Waals surface area contributed by atoms with Crippen LogP contribution in [-0.2, 0) is 30.3 Å². The van der Waals surface area contributed by atoms with Gasteiger partial charge in [0.2, 0.25) is 17.7 Å². The van der Waals surface area contributed by atoms with Gasteiger partial charge in [-0.2, -0.15) is 0 Å². The number of primary amides is 1. The second kappa shape index (κ2) is 12.6. The summed E-state index contributed by atoms with van der Waals surface area (Å²) < 4.78 is 5.54. The van der Waals surface area contributed by atoms with Crippen molar-refractivity contribution < 1.29 is 29.0 Å². The zero-order chi connectivity index (χ0) is 26.2. The molecule has 3 amide bonds. The van der Waals surface area contributed by atoms with Gasteiger partial charge < -0.3 is 26.2 Å². The first-order chi connectivity index (χ1) is 16.4. The molecular formula is C25H38N4O6. The summed E-state index contributed by atoms with van der Waals surface area (Å²) >= 11 is 0. The number of hydrogen-bond acceptors (Lipinski definition) is 7. The molecule has 2 rings (SSSR count). The number of esters is 1. The van der Waals surface area contributed by atoms with Crippen LogP contribution in [0.25, 0.3) is 0 Å². The normalized spacial score (nSPS) is 18.8. The minimum absolute atomic E-state index is 0.141. The zero-order valence-electron chi connectivity index (χ0n) is 21.0. The topological polar surface area (TPSA) is 151 Å². The third-order valence-electron chi connectivity index (χ3n) is 5.65. The zero-order valence-corrected chi connectivity index (χ0v) is 21.0. The van der Waals surface area contributed by atoms with Crippen molar-refractivity contribution in [2.24, 2.45) is 5.73 Å². The number of ether oxygens (including phenoxy) is 1. The van der Waals surface area contributed by atoms with Crippen LogP contribution in [0.15, 0.2) is 30.3 Å². The smallest absolute Gasteiger partial charge is 0.323 e. The van der Waals surface area contributed by atoms with Crippen LogP contribution in [0.3, 0.4) is 0 Å². The fourth-order valence-electron chi connectivity index (χ4n) is 4.14. The van der Waals surface area contributed by atoms with Gasteiger partial charge in [-0.15, -0.1) is 0 Å². The summed E-state index contributed by atoms with van der Waals surface area (Å²) in [4.78, 5) is 50.5. The van der Waals surface area contributed by atoms with Gasteiger partial charge in [0.15, 0.2) is 0 Å². The molecule has 1 saturated heterocycles. The van der Waals surface area contributed by atoms with Gasteiger partial charge in [-0.05, 0) is 52.1 Å². The first-order valence-corrected chi connectivity index (χ1v) is 11.9. The molecule has 1 aromatic rings. The summed E-state index contributed by atoms with van der Waals surface area (Å²) in [6.45, 7) is 7.42. The van der Waals surface area contributed by atoms with Crippen molar-refractivity contribution in [3.05, 3.63) is 35.9 Å². The van der Waals surface area contributed by atoms with E-state index >= 15 is 0 Å². The van der Waals surface area contributed by atoms with Crippen LogP contribution in [-0.4, -0.2) is 76.6 Å². The molecule has 35 heavy (non-hydrogen) atoms. The molecule has 1 fully saturated rings. The van der Waals surface area contributed by atoms with Gasteiger partial charge >= 0.3 is 5.97 Å². The summed E-state index contributed by atoms with van der Waals surface area (Å²) in [6.07, 6.45) is 0.318. The van der Waals surface area contributed by atoms with Gasteiger partial charge in [0.1, 0.15) is 17.7 Å². The molecule has 0 spiro atoms. The summed E-state index contributed by atoms with van der Waals surface area (Å²) in [6, 6.07) is 6.95. The Labute approximate surface area is 206 Å². The van der Waals surface area contributed by atoms with Crippen LogP contribution in [0.4, 0.5) is 0 Å². The Morgan fingerprint density at radius 3 is 2.40 bits per heavy atom. The lowest BCUT2D eigenvalue weighted by Gasteiger charge is -2.32. The van der Waals surface area contributed by atoms with Crippen molar-refractivity contribution in [2.75, 3.05) is 13.1 Å². The third kappa shape index (κ3) is 9.65. The molecule has 0 saturated carbocycles. The monoisotopic (exact) mass is 490 g/mol. The molecule has 0 radical (unpaired) electrons. The van der Waals surface area contributed by atoms with Gasteiger partial charge in [0, 0.05) is 13.5 Å². The van der Waals surface area contributed by atoms with E-state index in [0.717, 1.165) is 12.0 Å². The lowest BCUT2D eigenvalue weighted by molar-refractivity contribution is -0.160. The second-order valence-corrected chi connectivity index (χ2v) is 9.98. The second-order valence-electron chi connectivity index (χ2n) is 9.98. The number of nitrogens with one attached hydrogen (secondary N) is 2. The number of aliphatic hydroxyl groups excluding tert-OH is 1.